The number of hydrogen-bond acceptors (Lipinski definition) is 1. The van der Waals surface area contributed by atoms with Gasteiger partial charge < -0.3 is 0 Å². The minimum absolute atomic E-state index is 0.0799. The van der Waals surface area contributed by atoms with Crippen LogP contribution in [0.1, 0.15) is 32.6 Å². The zero-order chi connectivity index (χ0) is 8.27. The van der Waals surface area contributed by atoms with Crippen LogP contribution in [0.3, 0.4) is 0 Å². The van der Waals surface area contributed by atoms with E-state index in [9.17, 15) is 9.28 Å². The van der Waals surface area contributed by atoms with Crippen molar-refractivity contribution in [2.24, 2.45) is 11.8 Å². The third-order valence-electron chi connectivity index (χ3n) is 2.40. The summed E-state index contributed by atoms with van der Waals surface area (Å²) in [6, 6.07) is 0. The van der Waals surface area contributed by atoms with Gasteiger partial charge in [-0.25, -0.2) is 0 Å². The molecule has 0 spiro atoms. The maximum Gasteiger partial charge on any atom is 0.250 e. The van der Waals surface area contributed by atoms with Gasteiger partial charge in [0, 0.05) is 5.92 Å². The first-order valence-electron chi connectivity index (χ1n) is 4.14. The van der Waals surface area contributed by atoms with Crippen molar-refractivity contribution in [3.05, 3.63) is 0 Å². The molecule has 0 aliphatic heterocycles. The smallest absolute Gasteiger partial charge is 0.250 e. The summed E-state index contributed by atoms with van der Waals surface area (Å²) >= 11 is 0. The minimum atomic E-state index is -0.434. The molecule has 2 nitrogen and oxygen atoms in total. The molecule has 0 aromatic carbocycles. The molecule has 1 aliphatic rings. The molecule has 0 heterocycles. The Bertz CT molecular complexity index is 149. The van der Waals surface area contributed by atoms with E-state index in [1.54, 1.807) is 0 Å². The van der Waals surface area contributed by atoms with Crippen molar-refractivity contribution in [3.63, 3.8) is 0 Å². The number of halogens is 1. The zero-order valence-corrected chi connectivity index (χ0v) is 6.77. The van der Waals surface area contributed by atoms with Gasteiger partial charge in [-0.1, -0.05) is 19.8 Å². The van der Waals surface area contributed by atoms with Gasteiger partial charge in [0.2, 0.25) is 0 Å². The van der Waals surface area contributed by atoms with Crippen LogP contribution in [0.15, 0.2) is 0 Å². The van der Waals surface area contributed by atoms with Crippen molar-refractivity contribution in [1.29, 1.82) is 0 Å². The van der Waals surface area contributed by atoms with E-state index in [0.717, 1.165) is 19.3 Å². The maximum absolute atomic E-state index is 11.7. The Hall–Kier alpha value is -0.600. The first kappa shape index (κ1) is 8.50. The number of rotatable bonds is 1. The molecule has 1 aliphatic carbocycles. The van der Waals surface area contributed by atoms with Crippen LogP contribution in [-0.4, -0.2) is 5.91 Å². The molecule has 1 N–H and O–H groups in total. The van der Waals surface area contributed by atoms with Crippen molar-refractivity contribution in [2.45, 2.75) is 32.6 Å². The summed E-state index contributed by atoms with van der Waals surface area (Å²) in [6.45, 7) is 2.11. The summed E-state index contributed by atoms with van der Waals surface area (Å²) in [5.41, 5.74) is 1.22. The highest BCUT2D eigenvalue weighted by atomic mass is 19.2. The second-order valence-electron chi connectivity index (χ2n) is 3.43. The Labute approximate surface area is 66.1 Å². The van der Waals surface area contributed by atoms with Crippen molar-refractivity contribution in [1.82, 2.24) is 5.54 Å². The summed E-state index contributed by atoms with van der Waals surface area (Å²) in [5.74, 6) is 0.0614. The van der Waals surface area contributed by atoms with Crippen LogP contribution in [0, 0.1) is 11.8 Å². The van der Waals surface area contributed by atoms with Crippen LogP contribution in [0.4, 0.5) is 4.48 Å². The average Bonchev–Trinajstić information content (AvgIpc) is 2.03. The molecule has 0 radical (unpaired) electrons. The highest BCUT2D eigenvalue weighted by Gasteiger charge is 2.24. The molecule has 0 bridgehead atoms. The van der Waals surface area contributed by atoms with Crippen LogP contribution >= 0.6 is 0 Å². The lowest BCUT2D eigenvalue weighted by molar-refractivity contribution is -0.130. The average molecular weight is 159 g/mol. The van der Waals surface area contributed by atoms with E-state index in [4.69, 9.17) is 0 Å². The quantitative estimate of drug-likeness (QED) is 0.581. The van der Waals surface area contributed by atoms with Crippen LogP contribution in [0.2, 0.25) is 0 Å². The Kier molecular flexibility index (Phi) is 2.85. The van der Waals surface area contributed by atoms with Crippen LogP contribution in [0.5, 0.6) is 0 Å². The molecule has 3 heteroatoms. The van der Waals surface area contributed by atoms with E-state index in [1.165, 1.54) is 12.0 Å². The molecule has 1 rings (SSSR count). The molecule has 0 saturated heterocycles. The van der Waals surface area contributed by atoms with E-state index in [-0.39, 0.29) is 5.92 Å². The van der Waals surface area contributed by atoms with E-state index in [0.29, 0.717) is 5.92 Å². The second-order valence-corrected chi connectivity index (χ2v) is 3.43. The largest absolute Gasteiger partial charge is 0.272 e. The monoisotopic (exact) mass is 159 g/mol. The van der Waals surface area contributed by atoms with Gasteiger partial charge in [-0.2, -0.15) is 5.54 Å². The predicted molar refractivity (Wildman–Crippen MR) is 40.4 cm³/mol. The summed E-state index contributed by atoms with van der Waals surface area (Å²) in [4.78, 5) is 10.8. The summed E-state index contributed by atoms with van der Waals surface area (Å²) in [7, 11) is 0. The molecule has 2 unspecified atom stereocenters. The maximum atomic E-state index is 11.7. The molecule has 1 fully saturated rings. The first-order valence-corrected chi connectivity index (χ1v) is 4.14. The fourth-order valence-corrected chi connectivity index (χ4v) is 1.75. The normalized spacial score (nSPS) is 31.5. The lowest BCUT2D eigenvalue weighted by Gasteiger charge is -2.24. The zero-order valence-electron chi connectivity index (χ0n) is 6.77. The van der Waals surface area contributed by atoms with Crippen molar-refractivity contribution >= 4 is 5.91 Å². The summed E-state index contributed by atoms with van der Waals surface area (Å²) < 4.78 is 11.7. The number of hydrogen-bond donors (Lipinski definition) is 1. The molecule has 64 valence electrons. The number of carbonyl (C=O) groups is 1. The molecule has 1 saturated carbocycles. The van der Waals surface area contributed by atoms with Crippen molar-refractivity contribution in [3.8, 4) is 0 Å². The molecular formula is C8H14FNO. The summed E-state index contributed by atoms with van der Waals surface area (Å²) in [5, 5.41) is 0. The van der Waals surface area contributed by atoms with Gasteiger partial charge in [-0.3, -0.25) is 4.79 Å². The van der Waals surface area contributed by atoms with Gasteiger partial charge in [0.25, 0.3) is 5.91 Å². The van der Waals surface area contributed by atoms with Gasteiger partial charge >= 0.3 is 0 Å². The van der Waals surface area contributed by atoms with Crippen LogP contribution in [-0.2, 0) is 4.79 Å². The van der Waals surface area contributed by atoms with Crippen LogP contribution in [0.25, 0.3) is 0 Å². The lowest BCUT2D eigenvalue weighted by atomic mass is 9.82. The van der Waals surface area contributed by atoms with Gasteiger partial charge in [0.15, 0.2) is 0 Å². The second kappa shape index (κ2) is 3.69. The van der Waals surface area contributed by atoms with Gasteiger partial charge in [-0.05, 0) is 18.8 Å². The standard InChI is InChI=1S/C8H14FNO/c1-6-3-2-4-7(5-6)8(11)10-9/h6-7H,2-5H2,1H3,(H,10,11). The Morgan fingerprint density at radius 1 is 1.55 bits per heavy atom. The highest BCUT2D eigenvalue weighted by molar-refractivity contribution is 5.77. The van der Waals surface area contributed by atoms with Gasteiger partial charge in [0.05, 0.1) is 0 Å². The van der Waals surface area contributed by atoms with E-state index < -0.39 is 5.91 Å². The minimum Gasteiger partial charge on any atom is -0.272 e. The van der Waals surface area contributed by atoms with Gasteiger partial charge in [-0.15, -0.1) is 4.48 Å². The number of nitrogens with one attached hydrogen (secondary N) is 1. The Morgan fingerprint density at radius 3 is 2.82 bits per heavy atom. The fourth-order valence-electron chi connectivity index (χ4n) is 1.75. The van der Waals surface area contributed by atoms with E-state index >= 15 is 0 Å². The third-order valence-corrected chi connectivity index (χ3v) is 2.40. The van der Waals surface area contributed by atoms with Crippen molar-refractivity contribution < 1.29 is 9.28 Å². The SMILES string of the molecule is CC1CCCC(C(=O)NF)C1. The summed E-state index contributed by atoms with van der Waals surface area (Å²) in [6.07, 6.45) is 3.92. The van der Waals surface area contributed by atoms with Crippen molar-refractivity contribution in [2.75, 3.05) is 0 Å². The number of amides is 1. The topological polar surface area (TPSA) is 29.1 Å². The molecule has 0 aromatic rings. The fraction of sp³-hybridized carbons (Fsp3) is 0.875. The van der Waals surface area contributed by atoms with Gasteiger partial charge in [0.1, 0.15) is 0 Å². The third kappa shape index (κ3) is 2.17. The first-order chi connectivity index (χ1) is 5.24. The molecule has 2 atom stereocenters. The number of carbonyl (C=O) groups excluding carboxylic acids is 1. The molecule has 11 heavy (non-hydrogen) atoms. The molecule has 0 aromatic heterocycles. The predicted octanol–water partition coefficient (Wildman–Crippen LogP) is 1.81. The Balaban J connectivity index is 2.39. The van der Waals surface area contributed by atoms with Crippen LogP contribution < -0.4 is 5.54 Å². The Morgan fingerprint density at radius 2 is 2.27 bits per heavy atom. The highest BCUT2D eigenvalue weighted by Crippen LogP contribution is 2.28. The van der Waals surface area contributed by atoms with E-state index in [2.05, 4.69) is 6.92 Å². The lowest BCUT2D eigenvalue weighted by Crippen LogP contribution is -2.28. The molecular weight excluding hydrogens is 145 g/mol. The molecule has 1 amide bonds. The van der Waals surface area contributed by atoms with E-state index in [1.807, 2.05) is 0 Å².